The van der Waals surface area contributed by atoms with Crippen molar-refractivity contribution >= 4 is 34.8 Å². The van der Waals surface area contributed by atoms with Crippen molar-refractivity contribution in [3.8, 4) is 0 Å². The van der Waals surface area contributed by atoms with E-state index < -0.39 is 5.91 Å². The molecule has 186 valence electrons. The minimum atomic E-state index is -0.640. The summed E-state index contributed by atoms with van der Waals surface area (Å²) in [7, 11) is 2.14. The first-order valence-electron chi connectivity index (χ1n) is 12.1. The number of likely N-dealkylation sites (N-methyl/N-ethyl adjacent to an activating group) is 1. The molecule has 2 fully saturated rings. The second kappa shape index (κ2) is 10.7. The second-order valence-electron chi connectivity index (χ2n) is 9.01. The van der Waals surface area contributed by atoms with Gasteiger partial charge in [-0.15, -0.1) is 0 Å². The number of nitrogens with zero attached hydrogens (tertiary/aromatic N) is 5. The Balaban J connectivity index is 1.53. The molecule has 1 atom stereocenters. The first-order valence-corrected chi connectivity index (χ1v) is 12.1. The van der Waals surface area contributed by atoms with Crippen molar-refractivity contribution in [3.63, 3.8) is 0 Å². The number of amides is 2. The Morgan fingerprint density at radius 1 is 1.11 bits per heavy atom. The summed E-state index contributed by atoms with van der Waals surface area (Å²) in [5, 5.41) is 6.64. The third-order valence-corrected chi connectivity index (χ3v) is 6.55. The quantitative estimate of drug-likeness (QED) is 0.492. The van der Waals surface area contributed by atoms with Gasteiger partial charge in [-0.25, -0.2) is 9.97 Å². The Bertz CT molecular complexity index is 1080. The summed E-state index contributed by atoms with van der Waals surface area (Å²) < 4.78 is 0. The van der Waals surface area contributed by atoms with E-state index in [-0.39, 0.29) is 17.6 Å². The van der Waals surface area contributed by atoms with Gasteiger partial charge in [0.1, 0.15) is 0 Å². The number of anilines is 4. The van der Waals surface area contributed by atoms with Crippen molar-refractivity contribution in [1.82, 2.24) is 19.8 Å². The molecule has 2 aromatic rings. The second-order valence-corrected chi connectivity index (χ2v) is 9.01. The molecule has 0 radical (unpaired) electrons. The van der Waals surface area contributed by atoms with Crippen LogP contribution in [0, 0.1) is 0 Å². The average molecular weight is 479 g/mol. The van der Waals surface area contributed by atoms with Crippen LogP contribution in [0.15, 0.2) is 36.9 Å². The van der Waals surface area contributed by atoms with E-state index in [1.807, 2.05) is 19.1 Å². The normalized spacial score (nSPS) is 18.4. The van der Waals surface area contributed by atoms with Crippen LogP contribution in [0.3, 0.4) is 0 Å². The van der Waals surface area contributed by atoms with Crippen LogP contribution in [0.5, 0.6) is 0 Å². The molecule has 4 rings (SSSR count). The lowest BCUT2D eigenvalue weighted by Gasteiger charge is -2.34. The van der Waals surface area contributed by atoms with Crippen molar-refractivity contribution in [2.75, 3.05) is 61.8 Å². The molecule has 1 aromatic heterocycles. The van der Waals surface area contributed by atoms with E-state index in [0.717, 1.165) is 44.0 Å². The molecule has 0 aliphatic carbocycles. The molecule has 0 unspecified atom stereocenters. The largest absolute Gasteiger partial charge is 0.369 e. The lowest BCUT2D eigenvalue weighted by Crippen LogP contribution is -2.44. The maximum atomic E-state index is 12.2. The molecule has 0 spiro atoms. The molecular formula is C25H34N8O2. The van der Waals surface area contributed by atoms with Gasteiger partial charge in [-0.1, -0.05) is 13.5 Å². The highest BCUT2D eigenvalue weighted by atomic mass is 16.2. The predicted molar refractivity (Wildman–Crippen MR) is 138 cm³/mol. The van der Waals surface area contributed by atoms with Crippen LogP contribution in [0.25, 0.3) is 0 Å². The summed E-state index contributed by atoms with van der Waals surface area (Å²) in [6.45, 7) is 10.8. The standard InChI is InChI=1S/C25H34N8O2/c1-4-20-24(28-18-10-11-33(16-18)21(34)5-2)30-25(22(29-20)23(26)35)27-17-6-8-19(9-7-17)32-14-12-31(3)13-15-32/h5-9,18H,2,4,10-16H2,1,3H3,(H2,26,35)(H2,27,28,30)/t18-/m1/s1. The van der Waals surface area contributed by atoms with Crippen LogP contribution in [0.2, 0.25) is 0 Å². The van der Waals surface area contributed by atoms with Gasteiger partial charge in [0.15, 0.2) is 17.3 Å². The summed E-state index contributed by atoms with van der Waals surface area (Å²) >= 11 is 0. The number of nitrogens with one attached hydrogen (secondary N) is 2. The Morgan fingerprint density at radius 2 is 1.83 bits per heavy atom. The third kappa shape index (κ3) is 5.71. The Morgan fingerprint density at radius 3 is 2.46 bits per heavy atom. The number of piperazine rings is 1. The number of nitrogens with two attached hydrogens (primary N) is 1. The average Bonchev–Trinajstić information content (AvgIpc) is 3.33. The van der Waals surface area contributed by atoms with Crippen molar-refractivity contribution in [3.05, 3.63) is 48.3 Å². The molecule has 1 aromatic carbocycles. The zero-order valence-electron chi connectivity index (χ0n) is 20.5. The molecular weight excluding hydrogens is 444 g/mol. The van der Waals surface area contributed by atoms with Gasteiger partial charge in [0.2, 0.25) is 5.91 Å². The van der Waals surface area contributed by atoms with Gasteiger partial charge in [0.05, 0.1) is 5.69 Å². The monoisotopic (exact) mass is 478 g/mol. The molecule has 35 heavy (non-hydrogen) atoms. The summed E-state index contributed by atoms with van der Waals surface area (Å²) in [5.74, 6) is 0.176. The summed E-state index contributed by atoms with van der Waals surface area (Å²) in [6, 6.07) is 8.10. The number of hydrogen-bond acceptors (Lipinski definition) is 8. The van der Waals surface area contributed by atoms with Gasteiger partial charge in [-0.3, -0.25) is 9.59 Å². The Hall–Kier alpha value is -3.66. The number of hydrogen-bond donors (Lipinski definition) is 3. The molecule has 2 aliphatic rings. The van der Waals surface area contributed by atoms with Crippen molar-refractivity contribution in [2.45, 2.75) is 25.8 Å². The van der Waals surface area contributed by atoms with Gasteiger partial charge in [0.25, 0.3) is 5.91 Å². The molecule has 10 nitrogen and oxygen atoms in total. The number of carbonyl (C=O) groups excluding carboxylic acids is 2. The van der Waals surface area contributed by atoms with Gasteiger partial charge in [0, 0.05) is 56.7 Å². The molecule has 2 saturated heterocycles. The number of likely N-dealkylation sites (tertiary alicyclic amines) is 1. The lowest BCUT2D eigenvalue weighted by atomic mass is 10.2. The van der Waals surface area contributed by atoms with Gasteiger partial charge >= 0.3 is 0 Å². The van der Waals surface area contributed by atoms with E-state index in [1.165, 1.54) is 6.08 Å². The number of aryl methyl sites for hydroxylation is 1. The lowest BCUT2D eigenvalue weighted by molar-refractivity contribution is -0.125. The zero-order valence-corrected chi connectivity index (χ0v) is 20.5. The van der Waals surface area contributed by atoms with Gasteiger partial charge in [-0.05, 0) is 50.2 Å². The van der Waals surface area contributed by atoms with Gasteiger partial charge in [-0.2, -0.15) is 0 Å². The number of primary amides is 1. The van der Waals surface area contributed by atoms with E-state index in [4.69, 9.17) is 10.7 Å². The minimum Gasteiger partial charge on any atom is -0.369 e. The van der Waals surface area contributed by atoms with E-state index in [1.54, 1.807) is 4.90 Å². The van der Waals surface area contributed by atoms with Crippen LogP contribution in [0.4, 0.5) is 23.0 Å². The molecule has 0 saturated carbocycles. The van der Waals surface area contributed by atoms with Crippen molar-refractivity contribution < 1.29 is 9.59 Å². The van der Waals surface area contributed by atoms with Crippen LogP contribution in [-0.2, 0) is 11.2 Å². The molecule has 0 bridgehead atoms. The fraction of sp³-hybridized carbons (Fsp3) is 0.440. The highest BCUT2D eigenvalue weighted by Gasteiger charge is 2.27. The highest BCUT2D eigenvalue weighted by Crippen LogP contribution is 2.26. The van der Waals surface area contributed by atoms with Crippen LogP contribution >= 0.6 is 0 Å². The van der Waals surface area contributed by atoms with Crippen LogP contribution in [-0.4, -0.2) is 83.9 Å². The molecule has 4 N–H and O–H groups in total. The van der Waals surface area contributed by atoms with E-state index in [9.17, 15) is 9.59 Å². The topological polar surface area (TPSA) is 120 Å². The van der Waals surface area contributed by atoms with Crippen molar-refractivity contribution in [2.24, 2.45) is 5.73 Å². The van der Waals surface area contributed by atoms with E-state index >= 15 is 0 Å². The smallest absolute Gasteiger partial charge is 0.271 e. The molecule has 2 amide bonds. The highest BCUT2D eigenvalue weighted by molar-refractivity contribution is 5.96. The van der Waals surface area contributed by atoms with E-state index in [2.05, 4.69) is 51.2 Å². The first-order chi connectivity index (χ1) is 16.9. The Kier molecular flexibility index (Phi) is 7.50. The van der Waals surface area contributed by atoms with Crippen LogP contribution in [0.1, 0.15) is 29.5 Å². The maximum Gasteiger partial charge on any atom is 0.271 e. The zero-order chi connectivity index (χ0) is 24.9. The number of carbonyl (C=O) groups is 2. The minimum absolute atomic E-state index is 0.0358. The molecule has 10 heteroatoms. The summed E-state index contributed by atoms with van der Waals surface area (Å²) in [4.78, 5) is 39.8. The SMILES string of the molecule is C=CC(=O)N1CC[C@@H](Nc2nc(Nc3ccc(N4CCN(C)CC4)cc3)c(C(N)=O)nc2CC)C1. The third-order valence-electron chi connectivity index (χ3n) is 6.55. The van der Waals surface area contributed by atoms with Crippen LogP contribution < -0.4 is 21.3 Å². The fourth-order valence-corrected chi connectivity index (χ4v) is 4.45. The number of aromatic nitrogens is 2. The van der Waals surface area contributed by atoms with E-state index in [0.29, 0.717) is 36.8 Å². The molecule has 3 heterocycles. The molecule has 2 aliphatic heterocycles. The van der Waals surface area contributed by atoms with Crippen molar-refractivity contribution in [1.29, 1.82) is 0 Å². The number of benzene rings is 1. The summed E-state index contributed by atoms with van der Waals surface area (Å²) in [5.41, 5.74) is 8.35. The predicted octanol–water partition coefficient (Wildman–Crippen LogP) is 1.83. The first kappa shape index (κ1) is 24.5. The van der Waals surface area contributed by atoms with Gasteiger partial charge < -0.3 is 31.1 Å². The maximum absolute atomic E-state index is 12.2. The number of rotatable bonds is 8. The Labute approximate surface area is 206 Å². The summed E-state index contributed by atoms with van der Waals surface area (Å²) in [6.07, 6.45) is 2.70. The fourth-order valence-electron chi connectivity index (χ4n) is 4.45.